The molecule has 10 heteroatoms. The van der Waals surface area contributed by atoms with Gasteiger partial charge in [0.05, 0.1) is 22.9 Å². The zero-order valence-electron chi connectivity index (χ0n) is 19.3. The molecular formula is C24H29N3O4S3. The minimum atomic E-state index is -3.74. The number of carbonyl (C=O) groups excluding carboxylic acids is 1. The van der Waals surface area contributed by atoms with Crippen molar-refractivity contribution in [3.05, 3.63) is 78.0 Å². The van der Waals surface area contributed by atoms with E-state index in [1.54, 1.807) is 72.2 Å². The summed E-state index contributed by atoms with van der Waals surface area (Å²) in [7, 11) is 0.265. The predicted molar refractivity (Wildman–Crippen MR) is 137 cm³/mol. The lowest BCUT2D eigenvalue weighted by Crippen LogP contribution is -2.39. The lowest BCUT2D eigenvalue weighted by molar-refractivity contribution is -0.131. The van der Waals surface area contributed by atoms with E-state index in [4.69, 9.17) is 4.42 Å². The number of furan rings is 1. The van der Waals surface area contributed by atoms with Crippen LogP contribution in [0.2, 0.25) is 0 Å². The third-order valence-corrected chi connectivity index (χ3v) is 9.33. The Kier molecular flexibility index (Phi) is 8.13. The van der Waals surface area contributed by atoms with Gasteiger partial charge in [0.25, 0.3) is 10.0 Å². The Morgan fingerprint density at radius 3 is 2.62 bits per heavy atom. The van der Waals surface area contributed by atoms with Gasteiger partial charge in [-0.1, -0.05) is 18.2 Å². The van der Waals surface area contributed by atoms with Crippen LogP contribution in [-0.2, 0) is 27.1 Å². The number of thioether (sulfide) groups is 2. The van der Waals surface area contributed by atoms with Gasteiger partial charge in [-0.15, -0.1) is 11.8 Å². The van der Waals surface area contributed by atoms with Crippen LogP contribution in [0.5, 0.6) is 0 Å². The van der Waals surface area contributed by atoms with E-state index in [1.165, 1.54) is 3.97 Å². The number of rotatable bonds is 10. The van der Waals surface area contributed by atoms with Gasteiger partial charge in [0, 0.05) is 30.7 Å². The second-order valence-electron chi connectivity index (χ2n) is 8.27. The SMILES string of the molecule is CN(C)Cc1ccc(CSCCN2C(=O)CCSC2c2cccn2S(=O)(=O)c2ccccc2)o1. The summed E-state index contributed by atoms with van der Waals surface area (Å²) in [5.74, 6) is 4.04. The van der Waals surface area contributed by atoms with Crippen molar-refractivity contribution in [3.63, 3.8) is 0 Å². The third kappa shape index (κ3) is 5.73. The summed E-state index contributed by atoms with van der Waals surface area (Å²) in [4.78, 5) is 16.9. The zero-order chi connectivity index (χ0) is 24.1. The number of amides is 1. The van der Waals surface area contributed by atoms with Crippen LogP contribution in [0.3, 0.4) is 0 Å². The molecule has 182 valence electrons. The van der Waals surface area contributed by atoms with Crippen molar-refractivity contribution in [2.75, 3.05) is 32.1 Å². The monoisotopic (exact) mass is 519 g/mol. The maximum atomic E-state index is 13.3. The van der Waals surface area contributed by atoms with Crippen molar-refractivity contribution in [2.45, 2.75) is 29.0 Å². The molecule has 3 heterocycles. The average molecular weight is 520 g/mol. The Labute approximate surface area is 209 Å². The zero-order valence-corrected chi connectivity index (χ0v) is 21.7. The molecule has 2 aromatic heterocycles. The lowest BCUT2D eigenvalue weighted by atomic mass is 10.3. The molecule has 1 atom stereocenters. The number of benzene rings is 1. The van der Waals surface area contributed by atoms with E-state index in [-0.39, 0.29) is 16.2 Å². The van der Waals surface area contributed by atoms with Crippen molar-refractivity contribution in [1.82, 2.24) is 13.8 Å². The van der Waals surface area contributed by atoms with Crippen molar-refractivity contribution >= 4 is 39.5 Å². The molecule has 1 unspecified atom stereocenters. The molecule has 0 N–H and O–H groups in total. The highest BCUT2D eigenvalue weighted by atomic mass is 32.2. The Hall–Kier alpha value is -2.14. The Balaban J connectivity index is 1.44. The Morgan fingerprint density at radius 1 is 1.09 bits per heavy atom. The maximum Gasteiger partial charge on any atom is 0.267 e. The van der Waals surface area contributed by atoms with E-state index in [9.17, 15) is 13.2 Å². The first kappa shape index (κ1) is 25.0. The van der Waals surface area contributed by atoms with Crippen LogP contribution in [0.25, 0.3) is 0 Å². The van der Waals surface area contributed by atoms with Crippen LogP contribution >= 0.6 is 23.5 Å². The molecule has 0 saturated carbocycles. The molecule has 1 aliphatic heterocycles. The normalized spacial score (nSPS) is 17.0. The molecule has 1 fully saturated rings. The summed E-state index contributed by atoms with van der Waals surface area (Å²) < 4.78 is 33.7. The van der Waals surface area contributed by atoms with Gasteiger partial charge in [0.1, 0.15) is 16.9 Å². The van der Waals surface area contributed by atoms with Crippen LogP contribution in [0.1, 0.15) is 29.0 Å². The van der Waals surface area contributed by atoms with Crippen LogP contribution < -0.4 is 0 Å². The van der Waals surface area contributed by atoms with Crippen molar-refractivity contribution in [2.24, 2.45) is 0 Å². The highest BCUT2D eigenvalue weighted by molar-refractivity contribution is 7.99. The molecule has 0 radical (unpaired) electrons. The van der Waals surface area contributed by atoms with Gasteiger partial charge in [-0.05, 0) is 50.5 Å². The minimum Gasteiger partial charge on any atom is -0.464 e. The number of hydrogen-bond donors (Lipinski definition) is 0. The Morgan fingerprint density at radius 2 is 1.85 bits per heavy atom. The molecule has 0 aliphatic carbocycles. The van der Waals surface area contributed by atoms with Gasteiger partial charge >= 0.3 is 0 Å². The van der Waals surface area contributed by atoms with Crippen molar-refractivity contribution < 1.29 is 17.6 Å². The van der Waals surface area contributed by atoms with E-state index in [1.807, 2.05) is 31.1 Å². The maximum absolute atomic E-state index is 13.3. The van der Waals surface area contributed by atoms with Crippen molar-refractivity contribution in [1.29, 1.82) is 0 Å². The van der Waals surface area contributed by atoms with Gasteiger partial charge in [-0.3, -0.25) is 4.79 Å². The molecule has 3 aromatic rings. The number of nitrogens with zero attached hydrogens (tertiary/aromatic N) is 3. The van der Waals surface area contributed by atoms with E-state index >= 15 is 0 Å². The molecule has 0 bridgehead atoms. The average Bonchev–Trinajstić information content (AvgIpc) is 3.48. The lowest BCUT2D eigenvalue weighted by Gasteiger charge is -2.35. The first-order chi connectivity index (χ1) is 16.4. The topological polar surface area (TPSA) is 75.8 Å². The molecule has 4 rings (SSSR count). The van der Waals surface area contributed by atoms with E-state index in [0.717, 1.165) is 29.6 Å². The van der Waals surface area contributed by atoms with Crippen molar-refractivity contribution in [3.8, 4) is 0 Å². The van der Waals surface area contributed by atoms with Crippen LogP contribution in [-0.4, -0.2) is 60.2 Å². The number of aromatic nitrogens is 1. The van der Waals surface area contributed by atoms with Crippen LogP contribution in [0, 0.1) is 0 Å². The first-order valence-corrected chi connectivity index (χ1v) is 14.7. The van der Waals surface area contributed by atoms with Crippen LogP contribution in [0.4, 0.5) is 0 Å². The van der Waals surface area contributed by atoms with Gasteiger partial charge < -0.3 is 14.2 Å². The highest BCUT2D eigenvalue weighted by Gasteiger charge is 2.33. The first-order valence-electron chi connectivity index (χ1n) is 11.1. The quantitative estimate of drug-likeness (QED) is 0.370. The fourth-order valence-corrected chi connectivity index (χ4v) is 7.41. The van der Waals surface area contributed by atoms with E-state index in [2.05, 4.69) is 4.90 Å². The summed E-state index contributed by atoms with van der Waals surface area (Å²) in [6.07, 6.45) is 2.02. The molecular weight excluding hydrogens is 490 g/mol. The van der Waals surface area contributed by atoms with Gasteiger partial charge in [-0.2, -0.15) is 11.8 Å². The molecule has 0 spiro atoms. The largest absolute Gasteiger partial charge is 0.464 e. The second kappa shape index (κ2) is 11.1. The minimum absolute atomic E-state index is 0.0560. The molecule has 34 heavy (non-hydrogen) atoms. The summed E-state index contributed by atoms with van der Waals surface area (Å²) in [5, 5.41) is -0.342. The number of carbonyl (C=O) groups is 1. The van der Waals surface area contributed by atoms with Crippen LogP contribution in [0.15, 0.2) is 70.1 Å². The van der Waals surface area contributed by atoms with Gasteiger partial charge in [-0.25, -0.2) is 12.4 Å². The number of hydrogen-bond acceptors (Lipinski definition) is 7. The highest BCUT2D eigenvalue weighted by Crippen LogP contribution is 2.38. The fraction of sp³-hybridized carbons (Fsp3) is 0.375. The molecule has 1 aliphatic rings. The second-order valence-corrected chi connectivity index (χ2v) is 12.4. The van der Waals surface area contributed by atoms with Gasteiger partial charge in [0.2, 0.25) is 5.91 Å². The summed E-state index contributed by atoms with van der Waals surface area (Å²) in [6.45, 7) is 1.31. The molecule has 7 nitrogen and oxygen atoms in total. The Bertz CT molecular complexity index is 1210. The van der Waals surface area contributed by atoms with E-state index < -0.39 is 10.0 Å². The fourth-order valence-electron chi connectivity index (χ4n) is 3.84. The molecule has 1 saturated heterocycles. The summed E-state index contributed by atoms with van der Waals surface area (Å²) in [6, 6.07) is 15.9. The predicted octanol–water partition coefficient (Wildman–Crippen LogP) is 4.28. The third-order valence-electron chi connectivity index (χ3n) is 5.40. The van der Waals surface area contributed by atoms with E-state index in [0.29, 0.717) is 24.4 Å². The summed E-state index contributed by atoms with van der Waals surface area (Å²) >= 11 is 3.31. The summed E-state index contributed by atoms with van der Waals surface area (Å²) in [5.41, 5.74) is 0.603. The smallest absolute Gasteiger partial charge is 0.267 e. The van der Waals surface area contributed by atoms with Gasteiger partial charge in [0.15, 0.2) is 0 Å². The standard InChI is InChI=1S/C24H29N3O4S3/c1-25(2)17-19-10-11-20(31-19)18-32-16-14-26-23(28)12-15-33-24(26)22-9-6-13-27(22)34(29,30)21-7-4-3-5-8-21/h3-11,13,24H,12,14-18H2,1-2H3. The molecule has 1 aromatic carbocycles. The molecule has 1 amide bonds.